The largest absolute Gasteiger partial charge is 0.477 e. The molecule has 0 saturated carbocycles. The van der Waals surface area contributed by atoms with Crippen LogP contribution in [0.25, 0.3) is 0 Å². The molecule has 1 amide bonds. The number of aromatic nitrogens is 1. The molecule has 0 aromatic carbocycles. The molecule has 3 atom stereocenters. The first-order valence-corrected chi connectivity index (χ1v) is 10.9. The highest BCUT2D eigenvalue weighted by Crippen LogP contribution is 2.38. The highest BCUT2D eigenvalue weighted by Gasteiger charge is 2.43. The fourth-order valence-corrected chi connectivity index (χ4v) is 5.22. The Morgan fingerprint density at radius 2 is 1.79 bits per heavy atom. The monoisotopic (exact) mass is 402 g/mol. The lowest BCUT2D eigenvalue weighted by atomic mass is 9.92. The Morgan fingerprint density at radius 1 is 1.14 bits per heavy atom. The van der Waals surface area contributed by atoms with Gasteiger partial charge in [0.25, 0.3) is 0 Å². The van der Waals surface area contributed by atoms with Crippen molar-refractivity contribution >= 4 is 11.8 Å². The molecule has 3 aliphatic rings. The van der Waals surface area contributed by atoms with Gasteiger partial charge in [-0.1, -0.05) is 0 Å². The van der Waals surface area contributed by atoms with E-state index in [1.807, 2.05) is 12.3 Å². The number of hydrogen-bond donors (Lipinski definition) is 1. The maximum Gasteiger partial charge on any atom is 0.407 e. The minimum Gasteiger partial charge on any atom is -0.477 e. The van der Waals surface area contributed by atoms with Crippen molar-refractivity contribution in [3.8, 4) is 5.88 Å². The van der Waals surface area contributed by atoms with Crippen LogP contribution in [-0.4, -0.2) is 76.4 Å². The number of nitrogens with zero attached hydrogens (tertiary/aromatic N) is 4. The Kier molecular flexibility index (Phi) is 5.60. The summed E-state index contributed by atoms with van der Waals surface area (Å²) in [6, 6.07) is 4.40. The standard InChI is InChI=1S/C22H34N4O3/c1-22(2,3)25-10-8-24(9-11-25)19-6-7-20(23-14-19)29-15-16-12-17-4-5-18(13-16)26(17)21(27)28/h6-7,14,16-18H,4-5,8-13,15H2,1-3H3,(H,27,28)/t16-,17+,18-. The summed E-state index contributed by atoms with van der Waals surface area (Å²) in [6.07, 6.45) is 4.93. The maximum absolute atomic E-state index is 11.4. The number of carbonyl (C=O) groups is 1. The molecule has 0 spiro atoms. The molecule has 7 nitrogen and oxygen atoms in total. The van der Waals surface area contributed by atoms with Gasteiger partial charge < -0.3 is 19.6 Å². The van der Waals surface area contributed by atoms with E-state index in [9.17, 15) is 9.90 Å². The number of pyridine rings is 1. The minimum atomic E-state index is -0.766. The van der Waals surface area contributed by atoms with Crippen molar-refractivity contribution < 1.29 is 14.6 Å². The van der Waals surface area contributed by atoms with E-state index >= 15 is 0 Å². The Labute approximate surface area is 173 Å². The second-order valence-electron chi connectivity index (χ2n) is 9.72. The molecule has 0 radical (unpaired) electrons. The quantitative estimate of drug-likeness (QED) is 0.833. The van der Waals surface area contributed by atoms with Crippen LogP contribution in [0.3, 0.4) is 0 Å². The van der Waals surface area contributed by atoms with Gasteiger partial charge >= 0.3 is 6.09 Å². The molecule has 4 heterocycles. The van der Waals surface area contributed by atoms with Crippen LogP contribution >= 0.6 is 0 Å². The first-order chi connectivity index (χ1) is 13.8. The third kappa shape index (κ3) is 4.44. The van der Waals surface area contributed by atoms with E-state index in [0.717, 1.165) is 57.5 Å². The second kappa shape index (κ2) is 8.01. The lowest BCUT2D eigenvalue weighted by molar-refractivity contribution is 0.0706. The van der Waals surface area contributed by atoms with Crippen molar-refractivity contribution in [3.05, 3.63) is 18.3 Å². The SMILES string of the molecule is CC(C)(C)N1CCN(c2ccc(OC[C@H]3C[C@H]4CC[C@@H](C3)N4C(=O)O)nc2)CC1. The molecule has 160 valence electrons. The molecular weight excluding hydrogens is 368 g/mol. The summed E-state index contributed by atoms with van der Waals surface area (Å²) in [4.78, 5) is 22.5. The van der Waals surface area contributed by atoms with E-state index in [4.69, 9.17) is 4.74 Å². The third-order valence-electron chi connectivity index (χ3n) is 6.83. The highest BCUT2D eigenvalue weighted by molar-refractivity contribution is 5.66. The summed E-state index contributed by atoms with van der Waals surface area (Å²) in [5, 5.41) is 9.38. The van der Waals surface area contributed by atoms with Crippen LogP contribution in [0, 0.1) is 5.92 Å². The number of fused-ring (bicyclic) bond motifs is 2. The first kappa shape index (κ1) is 20.3. The van der Waals surface area contributed by atoms with E-state index < -0.39 is 6.09 Å². The highest BCUT2D eigenvalue weighted by atomic mass is 16.5. The number of amides is 1. The van der Waals surface area contributed by atoms with Crippen LogP contribution in [0.5, 0.6) is 5.88 Å². The smallest absolute Gasteiger partial charge is 0.407 e. The molecule has 3 fully saturated rings. The molecule has 1 N–H and O–H groups in total. The molecule has 4 rings (SSSR count). The van der Waals surface area contributed by atoms with Crippen LogP contribution in [-0.2, 0) is 0 Å². The lowest BCUT2D eigenvalue weighted by Crippen LogP contribution is -2.53. The molecule has 0 aliphatic carbocycles. The fraction of sp³-hybridized carbons (Fsp3) is 0.727. The number of rotatable bonds is 4. The second-order valence-corrected chi connectivity index (χ2v) is 9.72. The minimum absolute atomic E-state index is 0.168. The average Bonchev–Trinajstić information content (AvgIpc) is 2.97. The van der Waals surface area contributed by atoms with Crippen molar-refractivity contribution in [1.29, 1.82) is 0 Å². The topological polar surface area (TPSA) is 69.1 Å². The van der Waals surface area contributed by atoms with Gasteiger partial charge in [-0.05, 0) is 58.4 Å². The molecule has 3 saturated heterocycles. The maximum atomic E-state index is 11.4. The molecule has 1 aromatic heterocycles. The Hall–Kier alpha value is -2.02. The molecule has 1 aromatic rings. The summed E-state index contributed by atoms with van der Waals surface area (Å²) in [7, 11) is 0. The first-order valence-electron chi connectivity index (χ1n) is 10.9. The Balaban J connectivity index is 1.26. The normalized spacial score (nSPS) is 27.9. The molecule has 2 bridgehead atoms. The third-order valence-corrected chi connectivity index (χ3v) is 6.83. The molecule has 3 aliphatic heterocycles. The average molecular weight is 403 g/mol. The molecule has 29 heavy (non-hydrogen) atoms. The van der Waals surface area contributed by atoms with Crippen molar-refractivity contribution in [2.75, 3.05) is 37.7 Å². The number of hydrogen-bond acceptors (Lipinski definition) is 5. The van der Waals surface area contributed by atoms with Crippen LogP contribution in [0.4, 0.5) is 10.5 Å². The van der Waals surface area contributed by atoms with Crippen molar-refractivity contribution in [2.45, 2.75) is 64.1 Å². The summed E-state index contributed by atoms with van der Waals surface area (Å²) in [5.41, 5.74) is 1.38. The van der Waals surface area contributed by atoms with Gasteiger partial charge in [0.1, 0.15) is 0 Å². The van der Waals surface area contributed by atoms with E-state index in [2.05, 4.69) is 41.6 Å². The van der Waals surface area contributed by atoms with Crippen molar-refractivity contribution in [2.24, 2.45) is 5.92 Å². The van der Waals surface area contributed by atoms with Crippen LogP contribution in [0.2, 0.25) is 0 Å². The van der Waals surface area contributed by atoms with Gasteiger partial charge in [0, 0.05) is 49.9 Å². The Bertz CT molecular complexity index is 696. The van der Waals surface area contributed by atoms with Crippen LogP contribution in [0.15, 0.2) is 18.3 Å². The zero-order chi connectivity index (χ0) is 20.6. The van der Waals surface area contributed by atoms with E-state index in [1.54, 1.807) is 4.90 Å². The number of anilines is 1. The van der Waals surface area contributed by atoms with E-state index in [-0.39, 0.29) is 17.6 Å². The molecule has 7 heteroatoms. The predicted octanol–water partition coefficient (Wildman–Crippen LogP) is 3.30. The number of carboxylic acid groups (broad SMARTS) is 1. The van der Waals surface area contributed by atoms with E-state index in [0.29, 0.717) is 18.4 Å². The molecular formula is C22H34N4O3. The lowest BCUT2D eigenvalue weighted by Gasteiger charge is -2.42. The predicted molar refractivity (Wildman–Crippen MR) is 113 cm³/mol. The van der Waals surface area contributed by atoms with Gasteiger partial charge in [-0.15, -0.1) is 0 Å². The summed E-state index contributed by atoms with van der Waals surface area (Å²) in [5.74, 6) is 1.07. The van der Waals surface area contributed by atoms with Gasteiger partial charge in [-0.25, -0.2) is 9.78 Å². The van der Waals surface area contributed by atoms with Gasteiger partial charge in [-0.2, -0.15) is 0 Å². The zero-order valence-electron chi connectivity index (χ0n) is 17.9. The summed E-state index contributed by atoms with van der Waals surface area (Å²) < 4.78 is 5.97. The summed E-state index contributed by atoms with van der Waals surface area (Å²) in [6.45, 7) is 11.6. The van der Waals surface area contributed by atoms with Crippen molar-refractivity contribution in [3.63, 3.8) is 0 Å². The van der Waals surface area contributed by atoms with Gasteiger partial charge in [0.2, 0.25) is 5.88 Å². The van der Waals surface area contributed by atoms with Crippen molar-refractivity contribution in [1.82, 2.24) is 14.8 Å². The number of ether oxygens (including phenoxy) is 1. The fourth-order valence-electron chi connectivity index (χ4n) is 5.22. The van der Waals surface area contributed by atoms with E-state index in [1.165, 1.54) is 0 Å². The van der Waals surface area contributed by atoms with Crippen LogP contribution < -0.4 is 9.64 Å². The van der Waals surface area contributed by atoms with Gasteiger partial charge in [0.05, 0.1) is 18.5 Å². The van der Waals surface area contributed by atoms with Gasteiger partial charge in [-0.3, -0.25) is 4.90 Å². The zero-order valence-corrected chi connectivity index (χ0v) is 17.9. The number of piperidine rings is 1. The van der Waals surface area contributed by atoms with Crippen LogP contribution in [0.1, 0.15) is 46.5 Å². The molecule has 0 unspecified atom stereocenters. The van der Waals surface area contributed by atoms with Gasteiger partial charge in [0.15, 0.2) is 0 Å². The number of piperazine rings is 1. The Morgan fingerprint density at radius 3 is 2.31 bits per heavy atom. The summed E-state index contributed by atoms with van der Waals surface area (Å²) >= 11 is 0.